The molecule has 160 valence electrons. The maximum Gasteiger partial charge on any atom is 0.269 e. The lowest BCUT2D eigenvalue weighted by atomic mass is 9.95. The van der Waals surface area contributed by atoms with Gasteiger partial charge < -0.3 is 19.7 Å². The molecule has 9 nitrogen and oxygen atoms in total. The molecule has 4 rings (SSSR count). The number of rotatable bonds is 5. The van der Waals surface area contributed by atoms with Crippen LogP contribution in [0, 0.1) is 16.0 Å². The zero-order chi connectivity index (χ0) is 21.8. The Hall–Kier alpha value is -3.88. The van der Waals surface area contributed by atoms with E-state index in [2.05, 4.69) is 5.32 Å². The molecule has 2 amide bonds. The Labute approximate surface area is 178 Å². The van der Waals surface area contributed by atoms with Crippen LogP contribution in [-0.4, -0.2) is 41.5 Å². The largest absolute Gasteiger partial charge is 0.454 e. The third-order valence-corrected chi connectivity index (χ3v) is 5.34. The number of benzene rings is 2. The zero-order valence-corrected chi connectivity index (χ0v) is 16.7. The molecule has 1 fully saturated rings. The molecule has 2 aliphatic rings. The van der Waals surface area contributed by atoms with Crippen LogP contribution in [0.4, 0.5) is 11.4 Å². The van der Waals surface area contributed by atoms with Crippen molar-refractivity contribution in [2.75, 3.05) is 25.2 Å². The third-order valence-electron chi connectivity index (χ3n) is 5.34. The van der Waals surface area contributed by atoms with Crippen LogP contribution < -0.4 is 14.8 Å². The number of anilines is 1. The van der Waals surface area contributed by atoms with E-state index in [1.165, 1.54) is 18.2 Å². The number of fused-ring (bicyclic) bond motifs is 1. The summed E-state index contributed by atoms with van der Waals surface area (Å²) in [6, 6.07) is 11.2. The first-order chi connectivity index (χ1) is 15.0. The topological polar surface area (TPSA) is 111 Å². The zero-order valence-electron chi connectivity index (χ0n) is 16.7. The number of hydrogen-bond donors (Lipinski definition) is 1. The summed E-state index contributed by atoms with van der Waals surface area (Å²) in [7, 11) is 0. The number of carbonyl (C=O) groups is 2. The van der Waals surface area contributed by atoms with E-state index in [9.17, 15) is 19.7 Å². The van der Waals surface area contributed by atoms with Crippen molar-refractivity contribution < 1.29 is 24.0 Å². The summed E-state index contributed by atoms with van der Waals surface area (Å²) in [5, 5.41) is 13.6. The number of nitro benzene ring substituents is 1. The molecule has 2 aromatic rings. The number of non-ortho nitro benzene ring substituents is 1. The SMILES string of the molecule is O=C(Nc1ccc2c(c1)OCO2)C1CCN(C(=O)/C=C/c2ccc([N+](=O)[O-])cc2)CC1. The molecule has 2 aromatic carbocycles. The maximum atomic E-state index is 12.6. The molecule has 0 aromatic heterocycles. The van der Waals surface area contributed by atoms with Gasteiger partial charge in [-0.2, -0.15) is 0 Å². The minimum Gasteiger partial charge on any atom is -0.454 e. The molecule has 2 heterocycles. The molecular weight excluding hydrogens is 402 g/mol. The van der Waals surface area contributed by atoms with Crippen molar-refractivity contribution in [2.45, 2.75) is 12.8 Å². The Bertz CT molecular complexity index is 1030. The second-order valence-corrected chi connectivity index (χ2v) is 7.34. The number of ether oxygens (including phenoxy) is 2. The fourth-order valence-corrected chi connectivity index (χ4v) is 3.56. The van der Waals surface area contributed by atoms with Gasteiger partial charge in [-0.15, -0.1) is 0 Å². The lowest BCUT2D eigenvalue weighted by Crippen LogP contribution is -2.40. The summed E-state index contributed by atoms with van der Waals surface area (Å²) in [6.07, 6.45) is 4.24. The second-order valence-electron chi connectivity index (χ2n) is 7.34. The fourth-order valence-electron chi connectivity index (χ4n) is 3.56. The molecule has 31 heavy (non-hydrogen) atoms. The van der Waals surface area contributed by atoms with Crippen LogP contribution in [0.2, 0.25) is 0 Å². The minimum absolute atomic E-state index is 0.00423. The van der Waals surface area contributed by atoms with E-state index < -0.39 is 4.92 Å². The van der Waals surface area contributed by atoms with E-state index in [0.717, 1.165) is 0 Å². The molecule has 0 radical (unpaired) electrons. The number of likely N-dealkylation sites (tertiary alicyclic amines) is 1. The molecule has 1 N–H and O–H groups in total. The van der Waals surface area contributed by atoms with Gasteiger partial charge in [-0.1, -0.05) is 0 Å². The average molecular weight is 423 g/mol. The predicted molar refractivity (Wildman–Crippen MR) is 113 cm³/mol. The molecule has 0 saturated carbocycles. The molecule has 1 saturated heterocycles. The summed E-state index contributed by atoms with van der Waals surface area (Å²) in [5.74, 6) is 0.873. The van der Waals surface area contributed by atoms with Gasteiger partial charge in [0, 0.05) is 49.0 Å². The van der Waals surface area contributed by atoms with Crippen LogP contribution in [0.1, 0.15) is 18.4 Å². The van der Waals surface area contributed by atoms with E-state index in [1.54, 1.807) is 41.3 Å². The van der Waals surface area contributed by atoms with Crippen LogP contribution in [0.15, 0.2) is 48.5 Å². The molecule has 0 atom stereocenters. The quantitative estimate of drug-likeness (QED) is 0.449. The Balaban J connectivity index is 1.27. The van der Waals surface area contributed by atoms with E-state index in [4.69, 9.17) is 9.47 Å². The lowest BCUT2D eigenvalue weighted by molar-refractivity contribution is -0.384. The maximum absolute atomic E-state index is 12.6. The summed E-state index contributed by atoms with van der Waals surface area (Å²) < 4.78 is 10.6. The van der Waals surface area contributed by atoms with Crippen LogP contribution in [0.25, 0.3) is 6.08 Å². The highest BCUT2D eigenvalue weighted by atomic mass is 16.7. The van der Waals surface area contributed by atoms with Gasteiger partial charge in [0.25, 0.3) is 5.69 Å². The minimum atomic E-state index is -0.467. The van der Waals surface area contributed by atoms with Crippen molar-refractivity contribution in [1.82, 2.24) is 4.90 Å². The van der Waals surface area contributed by atoms with Gasteiger partial charge in [0.15, 0.2) is 11.5 Å². The summed E-state index contributed by atoms with van der Waals surface area (Å²) >= 11 is 0. The van der Waals surface area contributed by atoms with Gasteiger partial charge in [0.2, 0.25) is 18.6 Å². The predicted octanol–water partition coefficient (Wildman–Crippen LogP) is 3.21. The molecule has 0 spiro atoms. The van der Waals surface area contributed by atoms with Crippen molar-refractivity contribution in [3.05, 3.63) is 64.2 Å². The molecule has 0 bridgehead atoms. The van der Waals surface area contributed by atoms with Gasteiger partial charge in [-0.3, -0.25) is 19.7 Å². The number of nitrogens with zero attached hydrogens (tertiary/aromatic N) is 2. The Morgan fingerprint density at radius 3 is 2.48 bits per heavy atom. The lowest BCUT2D eigenvalue weighted by Gasteiger charge is -2.30. The van der Waals surface area contributed by atoms with Crippen molar-refractivity contribution in [1.29, 1.82) is 0 Å². The highest BCUT2D eigenvalue weighted by Gasteiger charge is 2.27. The summed E-state index contributed by atoms with van der Waals surface area (Å²) in [6.45, 7) is 1.16. The number of amides is 2. The number of piperidine rings is 1. The monoisotopic (exact) mass is 423 g/mol. The third kappa shape index (κ3) is 4.82. The van der Waals surface area contributed by atoms with Crippen LogP contribution >= 0.6 is 0 Å². The molecule has 0 unspecified atom stereocenters. The van der Waals surface area contributed by atoms with Gasteiger partial charge in [-0.05, 0) is 48.7 Å². The normalized spacial score (nSPS) is 15.8. The standard InChI is InChI=1S/C22H21N3O6/c26-21(8-3-15-1-5-18(6-2-15)25(28)29)24-11-9-16(10-12-24)22(27)23-17-4-7-19-20(13-17)31-14-30-19/h1-8,13,16H,9-12,14H2,(H,23,27)/b8-3+. The second kappa shape index (κ2) is 8.86. The first-order valence-electron chi connectivity index (χ1n) is 9.91. The number of carbonyl (C=O) groups excluding carboxylic acids is 2. The van der Waals surface area contributed by atoms with Crippen molar-refractivity contribution in [2.24, 2.45) is 5.92 Å². The molecular formula is C22H21N3O6. The van der Waals surface area contributed by atoms with Crippen molar-refractivity contribution in [3.8, 4) is 11.5 Å². The first-order valence-corrected chi connectivity index (χ1v) is 9.91. The Morgan fingerprint density at radius 2 is 1.77 bits per heavy atom. The van der Waals surface area contributed by atoms with E-state index in [0.29, 0.717) is 48.7 Å². The molecule has 0 aliphatic carbocycles. The number of hydrogen-bond acceptors (Lipinski definition) is 6. The number of nitrogens with one attached hydrogen (secondary N) is 1. The van der Waals surface area contributed by atoms with Crippen LogP contribution in [0.5, 0.6) is 11.5 Å². The average Bonchev–Trinajstić information content (AvgIpc) is 3.25. The Morgan fingerprint density at radius 1 is 1.06 bits per heavy atom. The van der Waals surface area contributed by atoms with Crippen molar-refractivity contribution >= 4 is 29.3 Å². The summed E-state index contributed by atoms with van der Waals surface area (Å²) in [4.78, 5) is 36.9. The molecule has 2 aliphatic heterocycles. The van der Waals surface area contributed by atoms with Gasteiger partial charge >= 0.3 is 0 Å². The van der Waals surface area contributed by atoms with E-state index in [1.807, 2.05) is 0 Å². The smallest absolute Gasteiger partial charge is 0.269 e. The number of nitro groups is 1. The highest BCUT2D eigenvalue weighted by Crippen LogP contribution is 2.34. The van der Waals surface area contributed by atoms with Crippen molar-refractivity contribution in [3.63, 3.8) is 0 Å². The van der Waals surface area contributed by atoms with Crippen LogP contribution in [0.3, 0.4) is 0 Å². The Kier molecular flexibility index (Phi) is 5.83. The van der Waals surface area contributed by atoms with Crippen LogP contribution in [-0.2, 0) is 9.59 Å². The molecule has 9 heteroatoms. The summed E-state index contributed by atoms with van der Waals surface area (Å²) in [5.41, 5.74) is 1.36. The van der Waals surface area contributed by atoms with E-state index >= 15 is 0 Å². The highest BCUT2D eigenvalue weighted by molar-refractivity contribution is 5.94. The van der Waals surface area contributed by atoms with Gasteiger partial charge in [-0.25, -0.2) is 0 Å². The van der Waals surface area contributed by atoms with Gasteiger partial charge in [0.05, 0.1) is 4.92 Å². The van der Waals surface area contributed by atoms with Gasteiger partial charge in [0.1, 0.15) is 0 Å². The fraction of sp³-hybridized carbons (Fsp3) is 0.273. The van der Waals surface area contributed by atoms with E-state index in [-0.39, 0.29) is 30.2 Å². The first kappa shape index (κ1) is 20.4.